The van der Waals surface area contributed by atoms with Crippen molar-refractivity contribution >= 4 is 17.5 Å². The summed E-state index contributed by atoms with van der Waals surface area (Å²) in [6.45, 7) is 1.61. The first-order valence-electron chi connectivity index (χ1n) is 9.57. The first-order valence-corrected chi connectivity index (χ1v) is 9.57. The summed E-state index contributed by atoms with van der Waals surface area (Å²) >= 11 is 0. The molecular formula is C24H22N2O2. The number of nitrogens with zero attached hydrogens (tertiary/aromatic N) is 1. The Morgan fingerprint density at radius 1 is 0.714 bits per heavy atom. The lowest BCUT2D eigenvalue weighted by molar-refractivity contribution is 0.0792. The van der Waals surface area contributed by atoms with E-state index in [1.54, 1.807) is 30.3 Å². The maximum Gasteiger partial charge on any atom is 0.255 e. The second kappa shape index (κ2) is 8.09. The van der Waals surface area contributed by atoms with Crippen molar-refractivity contribution in [2.75, 3.05) is 18.4 Å². The number of likely N-dealkylation sites (tertiary alicyclic amines) is 1. The van der Waals surface area contributed by atoms with Crippen LogP contribution in [0.25, 0.3) is 11.1 Å². The molecule has 2 amide bonds. The van der Waals surface area contributed by atoms with E-state index in [9.17, 15) is 9.59 Å². The zero-order chi connectivity index (χ0) is 19.3. The van der Waals surface area contributed by atoms with Gasteiger partial charge in [-0.05, 0) is 54.3 Å². The Kier molecular flexibility index (Phi) is 5.20. The van der Waals surface area contributed by atoms with Crippen molar-refractivity contribution in [2.45, 2.75) is 12.8 Å². The number of anilines is 1. The monoisotopic (exact) mass is 370 g/mol. The van der Waals surface area contributed by atoms with Gasteiger partial charge in [0.15, 0.2) is 0 Å². The predicted molar refractivity (Wildman–Crippen MR) is 111 cm³/mol. The summed E-state index contributed by atoms with van der Waals surface area (Å²) < 4.78 is 0. The van der Waals surface area contributed by atoms with Crippen LogP contribution in [0.15, 0.2) is 78.9 Å². The van der Waals surface area contributed by atoms with Crippen LogP contribution in [-0.4, -0.2) is 29.8 Å². The van der Waals surface area contributed by atoms with E-state index in [-0.39, 0.29) is 11.8 Å². The fourth-order valence-corrected chi connectivity index (χ4v) is 3.51. The van der Waals surface area contributed by atoms with Crippen molar-refractivity contribution in [1.29, 1.82) is 0 Å². The topological polar surface area (TPSA) is 49.4 Å². The first-order chi connectivity index (χ1) is 13.7. The number of hydrogen-bond acceptors (Lipinski definition) is 2. The number of carbonyl (C=O) groups is 2. The Morgan fingerprint density at radius 2 is 1.39 bits per heavy atom. The molecule has 140 valence electrons. The summed E-state index contributed by atoms with van der Waals surface area (Å²) in [6.07, 6.45) is 2.11. The molecule has 28 heavy (non-hydrogen) atoms. The molecular weight excluding hydrogens is 348 g/mol. The molecule has 4 rings (SSSR count). The number of amides is 2. The van der Waals surface area contributed by atoms with Gasteiger partial charge in [0.05, 0.1) is 0 Å². The molecule has 0 radical (unpaired) electrons. The third-order valence-corrected chi connectivity index (χ3v) is 4.99. The van der Waals surface area contributed by atoms with Crippen molar-refractivity contribution < 1.29 is 9.59 Å². The Morgan fingerprint density at radius 3 is 2.18 bits per heavy atom. The van der Waals surface area contributed by atoms with E-state index < -0.39 is 0 Å². The molecule has 0 saturated carbocycles. The van der Waals surface area contributed by atoms with Crippen molar-refractivity contribution in [3.8, 4) is 11.1 Å². The summed E-state index contributed by atoms with van der Waals surface area (Å²) in [6, 6.07) is 24.7. The molecule has 1 fully saturated rings. The van der Waals surface area contributed by atoms with Gasteiger partial charge >= 0.3 is 0 Å². The second-order valence-electron chi connectivity index (χ2n) is 6.98. The number of rotatable bonds is 4. The van der Waals surface area contributed by atoms with Crippen LogP contribution in [0.2, 0.25) is 0 Å². The molecule has 0 spiro atoms. The number of hydrogen-bond donors (Lipinski definition) is 1. The average molecular weight is 370 g/mol. The standard InChI is InChI=1S/C24H22N2O2/c27-23(20-11-6-10-19(16-20)18-8-2-1-3-9-18)25-22-13-7-12-21(17-22)24(28)26-14-4-5-15-26/h1-3,6-13,16-17H,4-5,14-15H2,(H,25,27). The SMILES string of the molecule is O=C(Nc1cccc(C(=O)N2CCCC2)c1)c1cccc(-c2ccccc2)c1. The van der Waals surface area contributed by atoms with E-state index in [0.717, 1.165) is 37.1 Å². The van der Waals surface area contributed by atoms with Crippen molar-refractivity contribution in [3.05, 3.63) is 90.0 Å². The van der Waals surface area contributed by atoms with Gasteiger partial charge in [-0.2, -0.15) is 0 Å². The fourth-order valence-electron chi connectivity index (χ4n) is 3.51. The summed E-state index contributed by atoms with van der Waals surface area (Å²) in [5.74, 6) is -0.164. The van der Waals surface area contributed by atoms with Crippen LogP contribution in [0.4, 0.5) is 5.69 Å². The molecule has 1 aliphatic heterocycles. The van der Waals surface area contributed by atoms with Crippen molar-refractivity contribution in [2.24, 2.45) is 0 Å². The Balaban J connectivity index is 1.51. The lowest BCUT2D eigenvalue weighted by Gasteiger charge is -2.16. The highest BCUT2D eigenvalue weighted by molar-refractivity contribution is 6.05. The molecule has 0 aliphatic carbocycles. The molecule has 0 bridgehead atoms. The minimum atomic E-state index is -0.191. The molecule has 0 unspecified atom stereocenters. The van der Waals surface area contributed by atoms with Crippen LogP contribution < -0.4 is 5.32 Å². The average Bonchev–Trinajstić information content (AvgIpc) is 3.29. The van der Waals surface area contributed by atoms with Gasteiger partial charge in [0.1, 0.15) is 0 Å². The zero-order valence-electron chi connectivity index (χ0n) is 15.6. The smallest absolute Gasteiger partial charge is 0.255 e. The molecule has 1 N–H and O–H groups in total. The van der Waals surface area contributed by atoms with Gasteiger partial charge in [-0.3, -0.25) is 9.59 Å². The third kappa shape index (κ3) is 3.96. The highest BCUT2D eigenvalue weighted by Crippen LogP contribution is 2.21. The van der Waals surface area contributed by atoms with Gasteiger partial charge in [-0.15, -0.1) is 0 Å². The number of benzene rings is 3. The van der Waals surface area contributed by atoms with E-state index in [2.05, 4.69) is 5.32 Å². The third-order valence-electron chi connectivity index (χ3n) is 4.99. The van der Waals surface area contributed by atoms with Crippen molar-refractivity contribution in [1.82, 2.24) is 4.90 Å². The highest BCUT2D eigenvalue weighted by atomic mass is 16.2. The molecule has 1 heterocycles. The van der Waals surface area contributed by atoms with Gasteiger partial charge in [-0.1, -0.05) is 48.5 Å². The molecule has 0 aromatic heterocycles. The minimum Gasteiger partial charge on any atom is -0.339 e. The molecule has 0 atom stereocenters. The maximum atomic E-state index is 12.7. The largest absolute Gasteiger partial charge is 0.339 e. The van der Waals surface area contributed by atoms with Crippen LogP contribution in [0, 0.1) is 0 Å². The van der Waals surface area contributed by atoms with E-state index >= 15 is 0 Å². The van der Waals surface area contributed by atoms with Crippen LogP contribution in [0.3, 0.4) is 0 Å². The lowest BCUT2D eigenvalue weighted by atomic mass is 10.0. The summed E-state index contributed by atoms with van der Waals surface area (Å²) in [5, 5.41) is 2.91. The molecule has 3 aromatic rings. The van der Waals surface area contributed by atoms with Gasteiger partial charge in [0.25, 0.3) is 11.8 Å². The normalized spacial score (nSPS) is 13.4. The number of nitrogens with one attached hydrogen (secondary N) is 1. The summed E-state index contributed by atoms with van der Waals surface area (Å²) in [7, 11) is 0. The summed E-state index contributed by atoms with van der Waals surface area (Å²) in [5.41, 5.74) is 3.87. The van der Waals surface area contributed by atoms with E-state index in [0.29, 0.717) is 16.8 Å². The van der Waals surface area contributed by atoms with E-state index in [4.69, 9.17) is 0 Å². The van der Waals surface area contributed by atoms with E-state index in [1.807, 2.05) is 53.4 Å². The number of carbonyl (C=O) groups excluding carboxylic acids is 2. The van der Waals surface area contributed by atoms with Gasteiger partial charge in [0.2, 0.25) is 0 Å². The van der Waals surface area contributed by atoms with Crippen LogP contribution in [0.1, 0.15) is 33.6 Å². The molecule has 1 saturated heterocycles. The van der Waals surface area contributed by atoms with Gasteiger partial charge in [0, 0.05) is 29.9 Å². The Labute approximate surface area is 164 Å². The van der Waals surface area contributed by atoms with Crippen molar-refractivity contribution in [3.63, 3.8) is 0 Å². The zero-order valence-corrected chi connectivity index (χ0v) is 15.6. The molecule has 4 heteroatoms. The van der Waals surface area contributed by atoms with Crippen LogP contribution in [0.5, 0.6) is 0 Å². The molecule has 1 aliphatic rings. The fraction of sp³-hybridized carbons (Fsp3) is 0.167. The Hall–Kier alpha value is -3.40. The summed E-state index contributed by atoms with van der Waals surface area (Å²) in [4.78, 5) is 27.2. The highest BCUT2D eigenvalue weighted by Gasteiger charge is 2.19. The quantitative estimate of drug-likeness (QED) is 0.714. The van der Waals surface area contributed by atoms with Crippen LogP contribution in [-0.2, 0) is 0 Å². The van der Waals surface area contributed by atoms with Gasteiger partial charge in [-0.25, -0.2) is 0 Å². The van der Waals surface area contributed by atoms with Crippen LogP contribution >= 0.6 is 0 Å². The van der Waals surface area contributed by atoms with E-state index in [1.165, 1.54) is 0 Å². The molecule has 4 nitrogen and oxygen atoms in total. The predicted octanol–water partition coefficient (Wildman–Crippen LogP) is 4.84. The molecule has 3 aromatic carbocycles. The van der Waals surface area contributed by atoms with Gasteiger partial charge < -0.3 is 10.2 Å². The second-order valence-corrected chi connectivity index (χ2v) is 6.98. The first kappa shape index (κ1) is 18.0. The lowest BCUT2D eigenvalue weighted by Crippen LogP contribution is -2.27. The Bertz CT molecular complexity index is 992. The maximum absolute atomic E-state index is 12.7. The minimum absolute atomic E-state index is 0.0275.